The molecular formula is C16H22N2OS. The lowest BCUT2D eigenvalue weighted by atomic mass is 9.78. The number of thioether (sulfide) groups is 1. The first kappa shape index (κ1) is 13.8. The molecule has 0 spiro atoms. The van der Waals surface area contributed by atoms with Gasteiger partial charge in [-0.05, 0) is 36.5 Å². The van der Waals surface area contributed by atoms with E-state index in [9.17, 15) is 4.79 Å². The lowest BCUT2D eigenvalue weighted by Gasteiger charge is -2.35. The average molecular weight is 290 g/mol. The molecule has 1 fully saturated rings. The summed E-state index contributed by atoms with van der Waals surface area (Å²) < 4.78 is 0. The number of hydrogen-bond donors (Lipinski definition) is 2. The lowest BCUT2D eigenvalue weighted by Crippen LogP contribution is -2.35. The van der Waals surface area contributed by atoms with Gasteiger partial charge in [0, 0.05) is 16.6 Å². The normalized spacial score (nSPS) is 29.5. The Hall–Kier alpha value is -1.16. The minimum atomic E-state index is 0.0966. The number of carbonyl (C=O) groups is 1. The van der Waals surface area contributed by atoms with E-state index in [1.54, 1.807) is 11.8 Å². The predicted molar refractivity (Wildman–Crippen MR) is 85.4 cm³/mol. The van der Waals surface area contributed by atoms with Gasteiger partial charge in [0.05, 0.1) is 11.4 Å². The second-order valence-electron chi connectivity index (χ2n) is 6.07. The highest BCUT2D eigenvalue weighted by Crippen LogP contribution is 2.35. The minimum absolute atomic E-state index is 0.0966. The zero-order valence-corrected chi connectivity index (χ0v) is 12.9. The molecule has 20 heavy (non-hydrogen) atoms. The molecule has 3 nitrogen and oxygen atoms in total. The molecule has 1 aromatic carbocycles. The van der Waals surface area contributed by atoms with Crippen molar-refractivity contribution in [2.24, 2.45) is 11.8 Å². The SMILES string of the molecule is CC1CCCC(Nc2ccc3c(c2)NC(=O)CS3)C1C. The molecule has 3 unspecified atom stereocenters. The molecule has 1 saturated carbocycles. The maximum atomic E-state index is 11.5. The topological polar surface area (TPSA) is 41.1 Å². The molecule has 1 amide bonds. The van der Waals surface area contributed by atoms with E-state index in [1.165, 1.54) is 24.2 Å². The van der Waals surface area contributed by atoms with Crippen LogP contribution in [0.3, 0.4) is 0 Å². The van der Waals surface area contributed by atoms with E-state index in [2.05, 4.69) is 42.7 Å². The molecule has 1 aliphatic heterocycles. The molecule has 108 valence electrons. The van der Waals surface area contributed by atoms with Crippen molar-refractivity contribution < 1.29 is 4.79 Å². The largest absolute Gasteiger partial charge is 0.382 e. The fraction of sp³-hybridized carbons (Fsp3) is 0.562. The van der Waals surface area contributed by atoms with Crippen molar-refractivity contribution in [1.82, 2.24) is 0 Å². The summed E-state index contributed by atoms with van der Waals surface area (Å²) in [5.74, 6) is 2.11. The Morgan fingerprint density at radius 3 is 3.00 bits per heavy atom. The molecule has 0 radical (unpaired) electrons. The van der Waals surface area contributed by atoms with Crippen LogP contribution in [-0.4, -0.2) is 17.7 Å². The molecule has 2 N–H and O–H groups in total. The molecule has 3 rings (SSSR count). The highest BCUT2D eigenvalue weighted by Gasteiger charge is 2.27. The number of rotatable bonds is 2. The summed E-state index contributed by atoms with van der Waals surface area (Å²) in [6.45, 7) is 4.69. The van der Waals surface area contributed by atoms with E-state index < -0.39 is 0 Å². The first-order valence-corrected chi connectivity index (χ1v) is 8.45. The van der Waals surface area contributed by atoms with Crippen LogP contribution in [0.5, 0.6) is 0 Å². The van der Waals surface area contributed by atoms with E-state index in [4.69, 9.17) is 0 Å². The van der Waals surface area contributed by atoms with Crippen molar-refractivity contribution in [3.8, 4) is 0 Å². The van der Waals surface area contributed by atoms with Gasteiger partial charge in [0.1, 0.15) is 0 Å². The zero-order valence-electron chi connectivity index (χ0n) is 12.1. The standard InChI is InChI=1S/C16H22N2OS/c1-10-4-3-5-13(11(10)2)17-12-6-7-15-14(8-12)18-16(19)9-20-15/h6-8,10-11,13,17H,3-5,9H2,1-2H3,(H,18,19). The first-order valence-electron chi connectivity index (χ1n) is 7.47. The van der Waals surface area contributed by atoms with Gasteiger partial charge in [0.2, 0.25) is 5.91 Å². The molecule has 1 heterocycles. The Labute approximate surface area is 124 Å². The Kier molecular flexibility index (Phi) is 3.92. The number of amides is 1. The summed E-state index contributed by atoms with van der Waals surface area (Å²) in [7, 11) is 0. The first-order chi connectivity index (χ1) is 9.63. The number of carbonyl (C=O) groups excluding carboxylic acids is 1. The molecule has 2 aliphatic rings. The van der Waals surface area contributed by atoms with Crippen molar-refractivity contribution in [3.63, 3.8) is 0 Å². The predicted octanol–water partition coefficient (Wildman–Crippen LogP) is 3.97. The quantitative estimate of drug-likeness (QED) is 0.866. The van der Waals surface area contributed by atoms with Gasteiger partial charge < -0.3 is 10.6 Å². The van der Waals surface area contributed by atoms with Crippen LogP contribution in [0, 0.1) is 11.8 Å². The highest BCUT2D eigenvalue weighted by molar-refractivity contribution is 8.00. The highest BCUT2D eigenvalue weighted by atomic mass is 32.2. The third-order valence-electron chi connectivity index (χ3n) is 4.67. The van der Waals surface area contributed by atoms with Gasteiger partial charge >= 0.3 is 0 Å². The molecular weight excluding hydrogens is 268 g/mol. The van der Waals surface area contributed by atoms with Gasteiger partial charge in [0.25, 0.3) is 0 Å². The molecule has 0 aromatic heterocycles. The third kappa shape index (κ3) is 2.80. The number of hydrogen-bond acceptors (Lipinski definition) is 3. The van der Waals surface area contributed by atoms with E-state index in [0.29, 0.717) is 17.7 Å². The van der Waals surface area contributed by atoms with Crippen LogP contribution < -0.4 is 10.6 Å². The van der Waals surface area contributed by atoms with Crippen LogP contribution in [0.4, 0.5) is 11.4 Å². The van der Waals surface area contributed by atoms with Gasteiger partial charge in [-0.25, -0.2) is 0 Å². The Morgan fingerprint density at radius 1 is 1.30 bits per heavy atom. The van der Waals surface area contributed by atoms with Crippen molar-refractivity contribution >= 4 is 29.0 Å². The Balaban J connectivity index is 1.74. The summed E-state index contributed by atoms with van der Waals surface area (Å²) in [6.07, 6.45) is 3.89. The molecule has 3 atom stereocenters. The maximum absolute atomic E-state index is 11.5. The number of benzene rings is 1. The second-order valence-corrected chi connectivity index (χ2v) is 7.08. The van der Waals surface area contributed by atoms with Crippen molar-refractivity contribution in [1.29, 1.82) is 0 Å². The van der Waals surface area contributed by atoms with Gasteiger partial charge in [-0.1, -0.05) is 26.7 Å². The second kappa shape index (κ2) is 5.68. The van der Waals surface area contributed by atoms with Crippen LogP contribution in [0.1, 0.15) is 33.1 Å². The fourth-order valence-corrected chi connectivity index (χ4v) is 3.96. The minimum Gasteiger partial charge on any atom is -0.382 e. The third-order valence-corrected chi connectivity index (χ3v) is 5.74. The number of fused-ring (bicyclic) bond motifs is 1. The Bertz CT molecular complexity index is 517. The smallest absolute Gasteiger partial charge is 0.234 e. The van der Waals surface area contributed by atoms with Crippen LogP contribution >= 0.6 is 11.8 Å². The fourth-order valence-electron chi connectivity index (χ4n) is 3.17. The van der Waals surface area contributed by atoms with E-state index in [-0.39, 0.29) is 5.91 Å². The van der Waals surface area contributed by atoms with Gasteiger partial charge in [0.15, 0.2) is 0 Å². The van der Waals surface area contributed by atoms with Crippen molar-refractivity contribution in [3.05, 3.63) is 18.2 Å². The summed E-state index contributed by atoms with van der Waals surface area (Å²) >= 11 is 1.61. The van der Waals surface area contributed by atoms with Crippen molar-refractivity contribution in [2.75, 3.05) is 16.4 Å². The van der Waals surface area contributed by atoms with Crippen LogP contribution in [0.15, 0.2) is 23.1 Å². The number of nitrogens with one attached hydrogen (secondary N) is 2. The van der Waals surface area contributed by atoms with Crippen LogP contribution in [-0.2, 0) is 4.79 Å². The molecule has 0 saturated heterocycles. The average Bonchev–Trinajstić information content (AvgIpc) is 2.43. The van der Waals surface area contributed by atoms with Gasteiger partial charge in [-0.3, -0.25) is 4.79 Å². The summed E-state index contributed by atoms with van der Waals surface area (Å²) in [6, 6.07) is 6.86. The monoisotopic (exact) mass is 290 g/mol. The van der Waals surface area contributed by atoms with E-state index >= 15 is 0 Å². The molecule has 4 heteroatoms. The van der Waals surface area contributed by atoms with Gasteiger partial charge in [-0.15, -0.1) is 11.8 Å². The van der Waals surface area contributed by atoms with Crippen molar-refractivity contribution in [2.45, 2.75) is 44.0 Å². The van der Waals surface area contributed by atoms with Gasteiger partial charge in [-0.2, -0.15) is 0 Å². The van der Waals surface area contributed by atoms with Crippen LogP contribution in [0.2, 0.25) is 0 Å². The van der Waals surface area contributed by atoms with Crippen LogP contribution in [0.25, 0.3) is 0 Å². The molecule has 0 bridgehead atoms. The summed E-state index contributed by atoms with van der Waals surface area (Å²) in [5.41, 5.74) is 2.07. The maximum Gasteiger partial charge on any atom is 0.234 e. The zero-order chi connectivity index (χ0) is 14.1. The summed E-state index contributed by atoms with van der Waals surface area (Å²) in [5, 5.41) is 6.62. The number of anilines is 2. The molecule has 1 aromatic rings. The molecule has 1 aliphatic carbocycles. The van der Waals surface area contributed by atoms with E-state index in [1.807, 2.05) is 0 Å². The summed E-state index contributed by atoms with van der Waals surface area (Å²) in [4.78, 5) is 12.6. The van der Waals surface area contributed by atoms with E-state index in [0.717, 1.165) is 17.3 Å². The lowest BCUT2D eigenvalue weighted by molar-refractivity contribution is -0.113. The Morgan fingerprint density at radius 2 is 2.15 bits per heavy atom.